The number of amides is 1. The third-order valence-corrected chi connectivity index (χ3v) is 4.57. The van der Waals surface area contributed by atoms with Crippen LogP contribution in [-0.4, -0.2) is 48.7 Å². The summed E-state index contributed by atoms with van der Waals surface area (Å²) in [7, 11) is 3.58. The number of aromatic nitrogens is 1. The summed E-state index contributed by atoms with van der Waals surface area (Å²) in [5, 5.41) is 0. The van der Waals surface area contributed by atoms with E-state index in [0.29, 0.717) is 25.6 Å². The molecule has 1 fully saturated rings. The fourth-order valence-electron chi connectivity index (χ4n) is 3.30. The molecule has 1 amide bonds. The van der Waals surface area contributed by atoms with Crippen molar-refractivity contribution in [2.45, 2.75) is 38.3 Å². The van der Waals surface area contributed by atoms with E-state index in [9.17, 15) is 4.79 Å². The van der Waals surface area contributed by atoms with Gasteiger partial charge in [0.2, 0.25) is 0 Å². The van der Waals surface area contributed by atoms with Crippen LogP contribution in [0.25, 0.3) is 0 Å². The minimum Gasteiger partial charge on any atom is -0.383 e. The molecule has 0 bridgehead atoms. The zero-order valence-electron chi connectivity index (χ0n) is 13.1. The third kappa shape index (κ3) is 3.66. The van der Waals surface area contributed by atoms with Gasteiger partial charge in [0.1, 0.15) is 5.69 Å². The number of methoxy groups -OCH3 is 1. The summed E-state index contributed by atoms with van der Waals surface area (Å²) in [4.78, 5) is 14.7. The van der Waals surface area contributed by atoms with Gasteiger partial charge < -0.3 is 19.9 Å². The highest BCUT2D eigenvalue weighted by Gasteiger charge is 2.31. The first-order chi connectivity index (χ1) is 10.2. The Kier molecular flexibility index (Phi) is 5.82. The maximum atomic E-state index is 12.8. The Bertz CT molecular complexity index is 458. The van der Waals surface area contributed by atoms with Crippen LogP contribution in [0.3, 0.4) is 0 Å². The lowest BCUT2D eigenvalue weighted by Crippen LogP contribution is -2.46. The summed E-state index contributed by atoms with van der Waals surface area (Å²) >= 11 is 0. The molecule has 21 heavy (non-hydrogen) atoms. The van der Waals surface area contributed by atoms with Crippen molar-refractivity contribution in [1.29, 1.82) is 0 Å². The molecule has 2 N–H and O–H groups in total. The zero-order valence-corrected chi connectivity index (χ0v) is 13.1. The van der Waals surface area contributed by atoms with Crippen LogP contribution in [-0.2, 0) is 11.3 Å². The number of hydrogen-bond donors (Lipinski definition) is 1. The van der Waals surface area contributed by atoms with E-state index in [1.165, 1.54) is 12.8 Å². The number of ether oxygens (including phenoxy) is 1. The van der Waals surface area contributed by atoms with Gasteiger partial charge in [-0.3, -0.25) is 4.79 Å². The minimum absolute atomic E-state index is 0.0847. The van der Waals surface area contributed by atoms with Gasteiger partial charge in [-0.1, -0.05) is 12.8 Å². The van der Waals surface area contributed by atoms with E-state index in [4.69, 9.17) is 10.5 Å². The SMILES string of the molecule is COCCn1cccc1C(=O)N(C)C1CCCCC1CN. The molecule has 2 rings (SSSR count). The molecule has 118 valence electrons. The second-order valence-corrected chi connectivity index (χ2v) is 5.84. The van der Waals surface area contributed by atoms with Crippen LogP contribution in [0, 0.1) is 5.92 Å². The molecule has 1 aromatic heterocycles. The maximum absolute atomic E-state index is 12.8. The van der Waals surface area contributed by atoms with E-state index >= 15 is 0 Å². The van der Waals surface area contributed by atoms with Gasteiger partial charge in [-0.2, -0.15) is 0 Å². The van der Waals surface area contributed by atoms with Gasteiger partial charge in [0, 0.05) is 32.9 Å². The predicted octanol–water partition coefficient (Wildman–Crippen LogP) is 1.72. The lowest BCUT2D eigenvalue weighted by molar-refractivity contribution is 0.0607. The van der Waals surface area contributed by atoms with Crippen LogP contribution >= 0.6 is 0 Å². The van der Waals surface area contributed by atoms with Crippen molar-refractivity contribution in [3.05, 3.63) is 24.0 Å². The fraction of sp³-hybridized carbons (Fsp3) is 0.688. The molecule has 0 aliphatic heterocycles. The highest BCUT2D eigenvalue weighted by Crippen LogP contribution is 2.28. The Labute approximate surface area is 127 Å². The normalized spacial score (nSPS) is 22.2. The van der Waals surface area contributed by atoms with E-state index in [-0.39, 0.29) is 11.9 Å². The van der Waals surface area contributed by atoms with Crippen molar-refractivity contribution >= 4 is 5.91 Å². The maximum Gasteiger partial charge on any atom is 0.270 e. The van der Waals surface area contributed by atoms with Crippen LogP contribution in [0.4, 0.5) is 0 Å². The van der Waals surface area contributed by atoms with Crippen molar-refractivity contribution in [2.24, 2.45) is 11.7 Å². The molecule has 1 aromatic rings. The lowest BCUT2D eigenvalue weighted by atomic mass is 9.83. The van der Waals surface area contributed by atoms with E-state index in [1.54, 1.807) is 7.11 Å². The molecule has 5 nitrogen and oxygen atoms in total. The predicted molar refractivity (Wildman–Crippen MR) is 83.2 cm³/mol. The summed E-state index contributed by atoms with van der Waals surface area (Å²) in [5.74, 6) is 0.511. The quantitative estimate of drug-likeness (QED) is 0.869. The van der Waals surface area contributed by atoms with Crippen molar-refractivity contribution < 1.29 is 9.53 Å². The summed E-state index contributed by atoms with van der Waals surface area (Å²) in [5.41, 5.74) is 6.62. The van der Waals surface area contributed by atoms with Crippen LogP contribution in [0.15, 0.2) is 18.3 Å². The number of carbonyl (C=O) groups excluding carboxylic acids is 1. The van der Waals surface area contributed by atoms with Gasteiger partial charge in [-0.25, -0.2) is 0 Å². The fourth-order valence-corrected chi connectivity index (χ4v) is 3.30. The summed E-state index contributed by atoms with van der Waals surface area (Å²) in [6.07, 6.45) is 6.53. The van der Waals surface area contributed by atoms with Crippen LogP contribution < -0.4 is 5.73 Å². The average molecular weight is 293 g/mol. The van der Waals surface area contributed by atoms with Crippen molar-refractivity contribution in [3.8, 4) is 0 Å². The highest BCUT2D eigenvalue weighted by atomic mass is 16.5. The average Bonchev–Trinajstić information content (AvgIpc) is 2.99. The standard InChI is InChI=1S/C16H27N3O2/c1-18(14-7-4-3-6-13(14)12-17)16(20)15-8-5-9-19(15)10-11-21-2/h5,8-9,13-14H,3-4,6-7,10-12,17H2,1-2H3. The number of carbonyl (C=O) groups is 1. The molecular weight excluding hydrogens is 266 g/mol. The van der Waals surface area contributed by atoms with E-state index < -0.39 is 0 Å². The zero-order chi connectivity index (χ0) is 15.2. The Balaban J connectivity index is 2.09. The molecule has 1 heterocycles. The van der Waals surface area contributed by atoms with E-state index in [0.717, 1.165) is 18.5 Å². The first-order valence-electron chi connectivity index (χ1n) is 7.80. The van der Waals surface area contributed by atoms with Crippen molar-refractivity contribution in [3.63, 3.8) is 0 Å². The number of rotatable bonds is 6. The van der Waals surface area contributed by atoms with Gasteiger partial charge in [0.25, 0.3) is 5.91 Å². The second-order valence-electron chi connectivity index (χ2n) is 5.84. The van der Waals surface area contributed by atoms with Crippen LogP contribution in [0.5, 0.6) is 0 Å². The molecule has 1 aliphatic carbocycles. The molecule has 2 unspecified atom stereocenters. The summed E-state index contributed by atoms with van der Waals surface area (Å²) in [6.45, 7) is 1.96. The Morgan fingerprint density at radius 3 is 2.95 bits per heavy atom. The molecule has 0 aromatic carbocycles. The third-order valence-electron chi connectivity index (χ3n) is 4.57. The Hall–Kier alpha value is -1.33. The van der Waals surface area contributed by atoms with Gasteiger partial charge in [-0.15, -0.1) is 0 Å². The summed E-state index contributed by atoms with van der Waals surface area (Å²) in [6, 6.07) is 4.06. The first kappa shape index (κ1) is 16.0. The minimum atomic E-state index is 0.0847. The topological polar surface area (TPSA) is 60.5 Å². The molecule has 0 radical (unpaired) electrons. The molecule has 1 saturated carbocycles. The van der Waals surface area contributed by atoms with E-state index in [2.05, 4.69) is 0 Å². The molecular formula is C16H27N3O2. The molecule has 0 saturated heterocycles. The number of hydrogen-bond acceptors (Lipinski definition) is 3. The molecule has 2 atom stereocenters. The second kappa shape index (κ2) is 7.61. The van der Waals surface area contributed by atoms with E-state index in [1.807, 2.05) is 34.8 Å². The molecule has 1 aliphatic rings. The monoisotopic (exact) mass is 293 g/mol. The van der Waals surface area contributed by atoms with Gasteiger partial charge in [-0.05, 0) is 37.4 Å². The Morgan fingerprint density at radius 2 is 2.24 bits per heavy atom. The lowest BCUT2D eigenvalue weighted by Gasteiger charge is -2.37. The first-order valence-corrected chi connectivity index (χ1v) is 7.80. The van der Waals surface area contributed by atoms with Gasteiger partial charge >= 0.3 is 0 Å². The molecule has 0 spiro atoms. The number of nitrogens with zero attached hydrogens (tertiary/aromatic N) is 2. The van der Waals surface area contributed by atoms with Crippen LogP contribution in [0.1, 0.15) is 36.2 Å². The van der Waals surface area contributed by atoms with Crippen LogP contribution in [0.2, 0.25) is 0 Å². The van der Waals surface area contributed by atoms with Crippen molar-refractivity contribution in [1.82, 2.24) is 9.47 Å². The Morgan fingerprint density at radius 1 is 1.48 bits per heavy atom. The van der Waals surface area contributed by atoms with Crippen molar-refractivity contribution in [2.75, 3.05) is 27.3 Å². The smallest absolute Gasteiger partial charge is 0.270 e. The molecule has 5 heteroatoms. The van der Waals surface area contributed by atoms with Gasteiger partial charge in [0.15, 0.2) is 0 Å². The summed E-state index contributed by atoms with van der Waals surface area (Å²) < 4.78 is 7.06. The van der Waals surface area contributed by atoms with Gasteiger partial charge in [0.05, 0.1) is 6.61 Å². The largest absolute Gasteiger partial charge is 0.383 e. The number of nitrogens with two attached hydrogens (primary N) is 1. The highest BCUT2D eigenvalue weighted by molar-refractivity contribution is 5.92.